The smallest absolute Gasteiger partial charge is 0.335 e. The molecule has 9 heteroatoms. The number of hydrogen-bond donors (Lipinski definition) is 2. The highest BCUT2D eigenvalue weighted by atomic mass is 32.2. The van der Waals surface area contributed by atoms with Crippen LogP contribution in [-0.4, -0.2) is 45.0 Å². The van der Waals surface area contributed by atoms with Crippen LogP contribution in [0.3, 0.4) is 0 Å². The van der Waals surface area contributed by atoms with E-state index in [4.69, 9.17) is 5.11 Å². The average Bonchev–Trinajstić information content (AvgIpc) is 2.61. The standard InChI is InChI=1S/C13H17NO6S2/c1-9-7-10(12(15)16)3-4-11(9)22(19,20)14-13(2)5-6-21(17,18)8-13/h3-4,7,14H,5-6,8H2,1-2H3,(H,15,16). The zero-order chi connectivity index (χ0) is 16.8. The van der Waals surface area contributed by atoms with E-state index in [0.29, 0.717) is 0 Å². The summed E-state index contributed by atoms with van der Waals surface area (Å²) in [5, 5.41) is 8.90. The van der Waals surface area contributed by atoms with Crippen molar-refractivity contribution >= 4 is 25.8 Å². The second kappa shape index (κ2) is 5.32. The Morgan fingerprint density at radius 2 is 2.00 bits per heavy atom. The molecule has 0 bridgehead atoms. The number of benzene rings is 1. The highest BCUT2D eigenvalue weighted by Gasteiger charge is 2.41. The Hall–Kier alpha value is -1.45. The van der Waals surface area contributed by atoms with Crippen LogP contribution in [0.4, 0.5) is 0 Å². The molecule has 2 N–H and O–H groups in total. The van der Waals surface area contributed by atoms with E-state index in [9.17, 15) is 21.6 Å². The number of carboxylic acid groups (broad SMARTS) is 1. The quantitative estimate of drug-likeness (QED) is 0.821. The Labute approximate surface area is 129 Å². The first-order valence-electron chi connectivity index (χ1n) is 6.53. The lowest BCUT2D eigenvalue weighted by Gasteiger charge is -2.24. The van der Waals surface area contributed by atoms with Crippen molar-refractivity contribution in [2.45, 2.75) is 30.7 Å². The molecule has 1 saturated heterocycles. The topological polar surface area (TPSA) is 118 Å². The van der Waals surface area contributed by atoms with Crippen molar-refractivity contribution in [3.05, 3.63) is 29.3 Å². The summed E-state index contributed by atoms with van der Waals surface area (Å²) in [7, 11) is -7.17. The van der Waals surface area contributed by atoms with Gasteiger partial charge in [0.05, 0.1) is 22.0 Å². The normalized spacial score (nSPS) is 24.3. The molecule has 0 aliphatic carbocycles. The molecule has 1 fully saturated rings. The maximum atomic E-state index is 12.5. The van der Waals surface area contributed by atoms with Crippen LogP contribution in [0.25, 0.3) is 0 Å². The van der Waals surface area contributed by atoms with Crippen LogP contribution in [0.2, 0.25) is 0 Å². The molecule has 1 heterocycles. The predicted octanol–water partition coefficient (Wildman–Crippen LogP) is 0.549. The summed E-state index contributed by atoms with van der Waals surface area (Å²) >= 11 is 0. The van der Waals surface area contributed by atoms with Crippen LogP contribution in [0.1, 0.15) is 29.3 Å². The van der Waals surface area contributed by atoms with Crippen LogP contribution in [0.5, 0.6) is 0 Å². The van der Waals surface area contributed by atoms with Gasteiger partial charge in [-0.05, 0) is 44.0 Å². The van der Waals surface area contributed by atoms with Gasteiger partial charge in [0, 0.05) is 5.54 Å². The Morgan fingerprint density at radius 3 is 2.45 bits per heavy atom. The van der Waals surface area contributed by atoms with Crippen molar-refractivity contribution in [1.82, 2.24) is 4.72 Å². The van der Waals surface area contributed by atoms with Crippen molar-refractivity contribution < 1.29 is 26.7 Å². The molecular weight excluding hydrogens is 330 g/mol. The average molecular weight is 347 g/mol. The summed E-state index contributed by atoms with van der Waals surface area (Å²) in [5.41, 5.74) is -0.766. The molecular formula is C13H17NO6S2. The van der Waals surface area contributed by atoms with Crippen LogP contribution < -0.4 is 4.72 Å². The van der Waals surface area contributed by atoms with Gasteiger partial charge in [-0.1, -0.05) is 0 Å². The molecule has 1 aliphatic rings. The minimum atomic E-state index is -3.93. The van der Waals surface area contributed by atoms with E-state index in [1.54, 1.807) is 6.92 Å². The summed E-state index contributed by atoms with van der Waals surface area (Å²) in [6, 6.07) is 3.69. The predicted molar refractivity (Wildman–Crippen MR) is 80.1 cm³/mol. The van der Waals surface area contributed by atoms with Gasteiger partial charge in [0.1, 0.15) is 0 Å². The van der Waals surface area contributed by atoms with Gasteiger partial charge in [0.2, 0.25) is 10.0 Å². The van der Waals surface area contributed by atoms with Crippen molar-refractivity contribution in [3.63, 3.8) is 0 Å². The van der Waals surface area contributed by atoms with Crippen molar-refractivity contribution in [2.75, 3.05) is 11.5 Å². The number of carbonyl (C=O) groups is 1. The molecule has 0 aromatic heterocycles. The largest absolute Gasteiger partial charge is 0.478 e. The zero-order valence-electron chi connectivity index (χ0n) is 12.2. The fraction of sp³-hybridized carbons (Fsp3) is 0.462. The summed E-state index contributed by atoms with van der Waals surface area (Å²) in [6.07, 6.45) is 0.209. The maximum absolute atomic E-state index is 12.5. The van der Waals surface area contributed by atoms with Crippen molar-refractivity contribution in [2.24, 2.45) is 0 Å². The SMILES string of the molecule is Cc1cc(C(=O)O)ccc1S(=O)(=O)NC1(C)CCS(=O)(=O)C1. The van der Waals surface area contributed by atoms with Gasteiger partial charge in [-0.15, -0.1) is 0 Å². The third kappa shape index (κ3) is 3.47. The molecule has 1 aliphatic heterocycles. The van der Waals surface area contributed by atoms with Crippen LogP contribution in [-0.2, 0) is 19.9 Å². The lowest BCUT2D eigenvalue weighted by molar-refractivity contribution is 0.0696. The Morgan fingerprint density at radius 1 is 1.36 bits per heavy atom. The van der Waals surface area contributed by atoms with Crippen LogP contribution >= 0.6 is 0 Å². The first-order chi connectivity index (χ1) is 9.94. The minimum Gasteiger partial charge on any atom is -0.478 e. The van der Waals surface area contributed by atoms with E-state index in [2.05, 4.69) is 4.72 Å². The van der Waals surface area contributed by atoms with Crippen LogP contribution in [0.15, 0.2) is 23.1 Å². The molecule has 2 rings (SSSR count). The van der Waals surface area contributed by atoms with Gasteiger partial charge < -0.3 is 5.11 Å². The number of aromatic carboxylic acids is 1. The van der Waals surface area contributed by atoms with E-state index in [0.717, 1.165) is 0 Å². The number of hydrogen-bond acceptors (Lipinski definition) is 5. The lowest BCUT2D eigenvalue weighted by Crippen LogP contribution is -2.46. The molecule has 22 heavy (non-hydrogen) atoms. The van der Waals surface area contributed by atoms with Crippen molar-refractivity contribution in [3.8, 4) is 0 Å². The van der Waals surface area contributed by atoms with Gasteiger partial charge in [0.15, 0.2) is 9.84 Å². The van der Waals surface area contributed by atoms with E-state index >= 15 is 0 Å². The number of rotatable bonds is 4. The third-order valence-electron chi connectivity index (χ3n) is 3.60. The first kappa shape index (κ1) is 16.9. The monoisotopic (exact) mass is 347 g/mol. The minimum absolute atomic E-state index is 0.00824. The fourth-order valence-corrected chi connectivity index (χ4v) is 6.40. The van der Waals surface area contributed by atoms with E-state index in [-0.39, 0.29) is 33.9 Å². The second-order valence-electron chi connectivity index (χ2n) is 5.79. The number of aryl methyl sites for hydroxylation is 1. The van der Waals surface area contributed by atoms with Gasteiger partial charge in [-0.3, -0.25) is 0 Å². The molecule has 0 spiro atoms. The molecule has 122 valence electrons. The molecule has 1 aromatic rings. The Bertz CT molecular complexity index is 828. The third-order valence-corrected chi connectivity index (χ3v) is 7.30. The van der Waals surface area contributed by atoms with Gasteiger partial charge >= 0.3 is 5.97 Å². The molecule has 7 nitrogen and oxygen atoms in total. The van der Waals surface area contributed by atoms with E-state index in [1.165, 1.54) is 25.1 Å². The summed E-state index contributed by atoms with van der Waals surface area (Å²) < 4.78 is 50.5. The molecule has 1 unspecified atom stereocenters. The van der Waals surface area contributed by atoms with E-state index < -0.39 is 31.4 Å². The number of nitrogens with one attached hydrogen (secondary N) is 1. The highest BCUT2D eigenvalue weighted by molar-refractivity contribution is 7.92. The Balaban J connectivity index is 2.34. The fourth-order valence-electron chi connectivity index (χ4n) is 2.55. The van der Waals surface area contributed by atoms with Crippen molar-refractivity contribution in [1.29, 1.82) is 0 Å². The zero-order valence-corrected chi connectivity index (χ0v) is 13.8. The summed E-state index contributed by atoms with van der Waals surface area (Å²) in [4.78, 5) is 10.8. The van der Waals surface area contributed by atoms with Gasteiger partial charge in [-0.25, -0.2) is 26.4 Å². The molecule has 0 saturated carbocycles. The molecule has 0 radical (unpaired) electrons. The summed E-state index contributed by atoms with van der Waals surface area (Å²) in [5.74, 6) is -1.44. The number of carboxylic acids is 1. The first-order valence-corrected chi connectivity index (χ1v) is 9.83. The van der Waals surface area contributed by atoms with E-state index in [1.807, 2.05) is 0 Å². The molecule has 0 amide bonds. The molecule has 1 aromatic carbocycles. The summed E-state index contributed by atoms with van der Waals surface area (Å²) in [6.45, 7) is 3.05. The maximum Gasteiger partial charge on any atom is 0.335 e. The number of sulfonamides is 1. The molecule has 1 atom stereocenters. The number of sulfone groups is 1. The van der Waals surface area contributed by atoms with Gasteiger partial charge in [0.25, 0.3) is 0 Å². The lowest BCUT2D eigenvalue weighted by atomic mass is 10.0. The Kier molecular flexibility index (Phi) is 4.09. The second-order valence-corrected chi connectivity index (χ2v) is 9.63. The van der Waals surface area contributed by atoms with Crippen LogP contribution in [0, 0.1) is 6.92 Å². The highest BCUT2D eigenvalue weighted by Crippen LogP contribution is 2.26. The van der Waals surface area contributed by atoms with Gasteiger partial charge in [-0.2, -0.15) is 0 Å².